The number of anilines is 2. The van der Waals surface area contributed by atoms with Crippen LogP contribution in [0, 0.1) is 5.82 Å². The average Bonchev–Trinajstić information content (AvgIpc) is 3.17. The second kappa shape index (κ2) is 5.88. The number of carbonyl (C=O) groups excluding carboxylic acids is 2. The standard InChI is InChI=1S/C19H17FN2O3/c1-11(23)22-7-6-12-9-15(3-4-16(12)22)21-19(24)18-10-13-8-14(20)2-5-17(13)25-18/h2-5,8-9,18H,6-7,10H2,1H3,(H,21,24)/t18-/m0/s1. The van der Waals surface area contributed by atoms with Crippen molar-refractivity contribution in [3.05, 3.63) is 53.3 Å². The largest absolute Gasteiger partial charge is 0.480 e. The highest BCUT2D eigenvalue weighted by Gasteiger charge is 2.30. The summed E-state index contributed by atoms with van der Waals surface area (Å²) in [6.45, 7) is 2.21. The van der Waals surface area contributed by atoms with Crippen LogP contribution in [0.1, 0.15) is 18.1 Å². The van der Waals surface area contributed by atoms with Gasteiger partial charge in [0.25, 0.3) is 5.91 Å². The molecule has 2 amide bonds. The minimum Gasteiger partial charge on any atom is -0.480 e. The predicted octanol–water partition coefficient (Wildman–Crippen LogP) is 2.68. The van der Waals surface area contributed by atoms with Gasteiger partial charge in [-0.1, -0.05) is 0 Å². The van der Waals surface area contributed by atoms with E-state index in [4.69, 9.17) is 4.74 Å². The third-order valence-electron chi connectivity index (χ3n) is 4.61. The van der Waals surface area contributed by atoms with Gasteiger partial charge in [-0.15, -0.1) is 0 Å². The second-order valence-electron chi connectivity index (χ2n) is 6.32. The van der Waals surface area contributed by atoms with Crippen molar-refractivity contribution < 1.29 is 18.7 Å². The Hall–Kier alpha value is -2.89. The maximum atomic E-state index is 13.3. The minimum atomic E-state index is -0.668. The van der Waals surface area contributed by atoms with Crippen molar-refractivity contribution in [2.24, 2.45) is 0 Å². The van der Waals surface area contributed by atoms with Gasteiger partial charge in [-0.05, 0) is 48.4 Å². The summed E-state index contributed by atoms with van der Waals surface area (Å²) in [5, 5.41) is 2.85. The minimum absolute atomic E-state index is 0.0138. The van der Waals surface area contributed by atoms with Crippen LogP contribution in [0.5, 0.6) is 5.75 Å². The zero-order chi connectivity index (χ0) is 17.6. The summed E-state index contributed by atoms with van der Waals surface area (Å²) in [6, 6.07) is 9.77. The van der Waals surface area contributed by atoms with Crippen LogP contribution in [-0.2, 0) is 22.4 Å². The fourth-order valence-corrected chi connectivity index (χ4v) is 3.39. The second-order valence-corrected chi connectivity index (χ2v) is 6.32. The van der Waals surface area contributed by atoms with Gasteiger partial charge in [-0.3, -0.25) is 9.59 Å². The van der Waals surface area contributed by atoms with E-state index in [1.807, 2.05) is 12.1 Å². The van der Waals surface area contributed by atoms with Gasteiger partial charge in [-0.25, -0.2) is 4.39 Å². The van der Waals surface area contributed by atoms with Crippen LogP contribution in [0.25, 0.3) is 0 Å². The lowest BCUT2D eigenvalue weighted by Gasteiger charge is -2.15. The maximum Gasteiger partial charge on any atom is 0.265 e. The Morgan fingerprint density at radius 2 is 2.04 bits per heavy atom. The first-order chi connectivity index (χ1) is 12.0. The molecular weight excluding hydrogens is 323 g/mol. The van der Waals surface area contributed by atoms with E-state index in [2.05, 4.69) is 5.32 Å². The summed E-state index contributed by atoms with van der Waals surface area (Å²) < 4.78 is 18.9. The number of fused-ring (bicyclic) bond motifs is 2. The highest BCUT2D eigenvalue weighted by Crippen LogP contribution is 2.32. The van der Waals surface area contributed by atoms with Crippen LogP contribution < -0.4 is 15.0 Å². The fraction of sp³-hybridized carbons (Fsp3) is 0.263. The lowest BCUT2D eigenvalue weighted by atomic mass is 10.1. The third kappa shape index (κ3) is 2.84. The van der Waals surface area contributed by atoms with Crippen molar-refractivity contribution >= 4 is 23.2 Å². The molecule has 0 aromatic heterocycles. The van der Waals surface area contributed by atoms with E-state index in [1.165, 1.54) is 12.1 Å². The van der Waals surface area contributed by atoms with Crippen LogP contribution in [0.3, 0.4) is 0 Å². The normalized spacial score (nSPS) is 17.7. The highest BCUT2D eigenvalue weighted by molar-refractivity contribution is 5.97. The van der Waals surface area contributed by atoms with E-state index in [0.717, 1.165) is 17.7 Å². The van der Waals surface area contributed by atoms with Gasteiger partial charge in [0.15, 0.2) is 6.10 Å². The van der Waals surface area contributed by atoms with E-state index in [-0.39, 0.29) is 17.6 Å². The summed E-state index contributed by atoms with van der Waals surface area (Å²) in [5.74, 6) is -0.0393. The van der Waals surface area contributed by atoms with Crippen LogP contribution in [0.15, 0.2) is 36.4 Å². The molecule has 2 aromatic carbocycles. The molecule has 0 radical (unpaired) electrons. The zero-order valence-corrected chi connectivity index (χ0v) is 13.7. The molecule has 1 atom stereocenters. The van der Waals surface area contributed by atoms with Crippen LogP contribution in [0.4, 0.5) is 15.8 Å². The molecule has 2 aromatic rings. The molecule has 1 N–H and O–H groups in total. The number of hydrogen-bond donors (Lipinski definition) is 1. The molecule has 4 rings (SSSR count). The Balaban J connectivity index is 1.47. The van der Waals surface area contributed by atoms with Crippen LogP contribution in [0.2, 0.25) is 0 Å². The Morgan fingerprint density at radius 3 is 2.84 bits per heavy atom. The van der Waals surface area contributed by atoms with Gasteiger partial charge in [0, 0.05) is 36.8 Å². The molecule has 2 aliphatic rings. The first-order valence-electron chi connectivity index (χ1n) is 8.18. The molecule has 0 spiro atoms. The van der Waals surface area contributed by atoms with Crippen LogP contribution >= 0.6 is 0 Å². The molecule has 5 nitrogen and oxygen atoms in total. The number of rotatable bonds is 2. The van der Waals surface area contributed by atoms with Crippen LogP contribution in [-0.4, -0.2) is 24.5 Å². The highest BCUT2D eigenvalue weighted by atomic mass is 19.1. The Bertz CT molecular complexity index is 881. The summed E-state index contributed by atoms with van der Waals surface area (Å²) in [6.07, 6.45) is 0.449. The number of amides is 2. The van der Waals surface area contributed by atoms with E-state index in [9.17, 15) is 14.0 Å². The molecule has 0 unspecified atom stereocenters. The summed E-state index contributed by atoms with van der Waals surface area (Å²) >= 11 is 0. The van der Waals surface area contributed by atoms with Gasteiger partial charge in [0.2, 0.25) is 5.91 Å². The monoisotopic (exact) mass is 340 g/mol. The number of carbonyl (C=O) groups is 2. The van der Waals surface area contributed by atoms with Crippen molar-refractivity contribution in [2.45, 2.75) is 25.9 Å². The first kappa shape index (κ1) is 15.6. The van der Waals surface area contributed by atoms with Gasteiger partial charge in [0.1, 0.15) is 11.6 Å². The quantitative estimate of drug-likeness (QED) is 0.914. The fourth-order valence-electron chi connectivity index (χ4n) is 3.39. The Morgan fingerprint density at radius 1 is 1.20 bits per heavy atom. The number of hydrogen-bond acceptors (Lipinski definition) is 3. The Kier molecular flexibility index (Phi) is 3.67. The van der Waals surface area contributed by atoms with E-state index in [1.54, 1.807) is 24.0 Å². The summed E-state index contributed by atoms with van der Waals surface area (Å²) in [5.41, 5.74) is 3.29. The smallest absolute Gasteiger partial charge is 0.265 e. The molecule has 0 saturated carbocycles. The van der Waals surface area contributed by atoms with Gasteiger partial charge in [0.05, 0.1) is 0 Å². The molecule has 128 valence electrons. The van der Waals surface area contributed by atoms with E-state index >= 15 is 0 Å². The number of nitrogens with zero attached hydrogens (tertiary/aromatic N) is 1. The molecule has 0 saturated heterocycles. The van der Waals surface area contributed by atoms with Gasteiger partial charge in [-0.2, -0.15) is 0 Å². The number of ether oxygens (including phenoxy) is 1. The van der Waals surface area contributed by atoms with E-state index in [0.29, 0.717) is 30.0 Å². The zero-order valence-electron chi connectivity index (χ0n) is 13.7. The van der Waals surface area contributed by atoms with Crippen molar-refractivity contribution in [3.63, 3.8) is 0 Å². The van der Waals surface area contributed by atoms with E-state index < -0.39 is 6.10 Å². The van der Waals surface area contributed by atoms with Crippen molar-refractivity contribution in [3.8, 4) is 5.75 Å². The van der Waals surface area contributed by atoms with Crippen molar-refractivity contribution in [1.82, 2.24) is 0 Å². The summed E-state index contributed by atoms with van der Waals surface area (Å²) in [4.78, 5) is 25.8. The van der Waals surface area contributed by atoms with Gasteiger partial charge >= 0.3 is 0 Å². The lowest BCUT2D eigenvalue weighted by molar-refractivity contribution is -0.122. The molecular formula is C19H17FN2O3. The van der Waals surface area contributed by atoms with Crippen molar-refractivity contribution in [2.75, 3.05) is 16.8 Å². The maximum absolute atomic E-state index is 13.3. The predicted molar refractivity (Wildman–Crippen MR) is 91.3 cm³/mol. The van der Waals surface area contributed by atoms with Crippen molar-refractivity contribution in [1.29, 1.82) is 0 Å². The Labute approximate surface area is 144 Å². The molecule has 2 aliphatic heterocycles. The molecule has 6 heteroatoms. The topological polar surface area (TPSA) is 58.6 Å². The molecule has 25 heavy (non-hydrogen) atoms. The molecule has 2 heterocycles. The van der Waals surface area contributed by atoms with Gasteiger partial charge < -0.3 is 15.0 Å². The average molecular weight is 340 g/mol. The third-order valence-corrected chi connectivity index (χ3v) is 4.61. The number of nitrogens with one attached hydrogen (secondary N) is 1. The SMILES string of the molecule is CC(=O)N1CCc2cc(NC(=O)[C@@H]3Cc4cc(F)ccc4O3)ccc21. The molecule has 0 aliphatic carbocycles. The lowest BCUT2D eigenvalue weighted by Crippen LogP contribution is -2.31. The summed E-state index contributed by atoms with van der Waals surface area (Å²) in [7, 11) is 0. The molecule has 0 bridgehead atoms. The molecule has 0 fully saturated rings. The number of benzene rings is 2. The number of halogens is 1. The first-order valence-corrected chi connectivity index (χ1v) is 8.18.